The lowest BCUT2D eigenvalue weighted by molar-refractivity contribution is 1.26. The van der Waals surface area contributed by atoms with E-state index in [2.05, 4.69) is 21.0 Å². The molecule has 3 heteroatoms. The molecule has 0 bridgehead atoms. The number of nitrogens with zero attached hydrogens (tertiary/aromatic N) is 3. The molecule has 3 nitrogen and oxygen atoms in total. The standard InChI is InChI=1S/C13H7N3/c1-2-10-13-11(16-7-15-10)4-3-9-12(13)8(1)5-6-14-9/h1-7H. The zero-order valence-corrected chi connectivity index (χ0v) is 8.38. The second-order valence-electron chi connectivity index (χ2n) is 3.85. The molecule has 0 aliphatic rings. The average molecular weight is 205 g/mol. The van der Waals surface area contributed by atoms with Crippen LogP contribution in [0.3, 0.4) is 0 Å². The molecule has 0 N–H and O–H groups in total. The minimum Gasteiger partial charge on any atom is -0.256 e. The van der Waals surface area contributed by atoms with Crippen molar-refractivity contribution in [3.05, 3.63) is 42.9 Å². The summed E-state index contributed by atoms with van der Waals surface area (Å²) in [5.41, 5.74) is 2.97. The van der Waals surface area contributed by atoms with Crippen LogP contribution in [0.5, 0.6) is 0 Å². The van der Waals surface area contributed by atoms with E-state index in [9.17, 15) is 0 Å². The lowest BCUT2D eigenvalue weighted by atomic mass is 10.0. The van der Waals surface area contributed by atoms with Crippen LogP contribution in [-0.4, -0.2) is 15.0 Å². The molecule has 0 atom stereocenters. The van der Waals surface area contributed by atoms with E-state index in [1.807, 2.05) is 30.5 Å². The molecule has 0 fully saturated rings. The Bertz CT molecular complexity index is 678. The molecule has 2 heterocycles. The molecule has 0 unspecified atom stereocenters. The van der Waals surface area contributed by atoms with Crippen molar-refractivity contribution < 1.29 is 0 Å². The van der Waals surface area contributed by atoms with Crippen molar-refractivity contribution in [1.82, 2.24) is 15.0 Å². The van der Waals surface area contributed by atoms with Gasteiger partial charge in [0, 0.05) is 17.0 Å². The van der Waals surface area contributed by atoms with Crippen LogP contribution < -0.4 is 0 Å². The van der Waals surface area contributed by atoms with Crippen LogP contribution in [0.2, 0.25) is 0 Å². The first-order chi connectivity index (χ1) is 7.93. The highest BCUT2D eigenvalue weighted by Gasteiger charge is 2.08. The Morgan fingerprint density at radius 2 is 1.31 bits per heavy atom. The van der Waals surface area contributed by atoms with E-state index in [0.29, 0.717) is 0 Å². The molecule has 0 aliphatic carbocycles. The van der Waals surface area contributed by atoms with Crippen molar-refractivity contribution in [2.24, 2.45) is 0 Å². The highest BCUT2D eigenvalue weighted by atomic mass is 14.8. The second-order valence-corrected chi connectivity index (χ2v) is 3.85. The van der Waals surface area contributed by atoms with Crippen LogP contribution in [0.25, 0.3) is 32.7 Å². The van der Waals surface area contributed by atoms with Crippen LogP contribution in [0, 0.1) is 0 Å². The quantitative estimate of drug-likeness (QED) is 0.414. The Labute approximate surface area is 91.1 Å². The lowest BCUT2D eigenvalue weighted by Crippen LogP contribution is -1.89. The molecule has 16 heavy (non-hydrogen) atoms. The van der Waals surface area contributed by atoms with Crippen molar-refractivity contribution >= 4 is 32.7 Å². The minimum atomic E-state index is 0.983. The van der Waals surface area contributed by atoms with E-state index in [-0.39, 0.29) is 0 Å². The zero-order valence-electron chi connectivity index (χ0n) is 8.38. The molecule has 0 spiro atoms. The van der Waals surface area contributed by atoms with E-state index in [4.69, 9.17) is 0 Å². The molecular formula is C13H7N3. The van der Waals surface area contributed by atoms with Gasteiger partial charge in [-0.2, -0.15) is 0 Å². The summed E-state index contributed by atoms with van der Waals surface area (Å²) in [4.78, 5) is 13.0. The maximum Gasteiger partial charge on any atom is 0.116 e. The van der Waals surface area contributed by atoms with Gasteiger partial charge >= 0.3 is 0 Å². The van der Waals surface area contributed by atoms with E-state index in [1.165, 1.54) is 5.39 Å². The molecule has 0 saturated carbocycles. The fraction of sp³-hybridized carbons (Fsp3) is 0. The SMILES string of the molecule is c1cc2ccc3ncnc4ccc(n1)c2c34. The van der Waals surface area contributed by atoms with Gasteiger partial charge in [0.15, 0.2) is 0 Å². The summed E-state index contributed by atoms with van der Waals surface area (Å²) in [5, 5.41) is 3.47. The molecule has 74 valence electrons. The largest absolute Gasteiger partial charge is 0.256 e. The Morgan fingerprint density at radius 1 is 0.625 bits per heavy atom. The van der Waals surface area contributed by atoms with Crippen LogP contribution >= 0.6 is 0 Å². The second kappa shape index (κ2) is 2.64. The smallest absolute Gasteiger partial charge is 0.116 e. The van der Waals surface area contributed by atoms with Gasteiger partial charge in [-0.3, -0.25) is 4.98 Å². The molecule has 0 saturated heterocycles. The highest BCUT2D eigenvalue weighted by molar-refractivity contribution is 6.20. The van der Waals surface area contributed by atoms with Crippen LogP contribution in [0.1, 0.15) is 0 Å². The summed E-state index contributed by atoms with van der Waals surface area (Å²) >= 11 is 0. The Hall–Kier alpha value is -2.29. The zero-order chi connectivity index (χ0) is 10.5. The molecule has 0 radical (unpaired) electrons. The summed E-state index contributed by atoms with van der Waals surface area (Å²) < 4.78 is 0. The van der Waals surface area contributed by atoms with E-state index >= 15 is 0 Å². The number of rotatable bonds is 0. The van der Waals surface area contributed by atoms with Gasteiger partial charge in [-0.1, -0.05) is 6.07 Å². The third-order valence-corrected chi connectivity index (χ3v) is 2.99. The van der Waals surface area contributed by atoms with Crippen molar-refractivity contribution in [2.75, 3.05) is 0 Å². The molecule has 4 rings (SSSR count). The van der Waals surface area contributed by atoms with E-state index in [1.54, 1.807) is 6.33 Å². The number of aromatic nitrogens is 3. The predicted molar refractivity (Wildman–Crippen MR) is 63.5 cm³/mol. The van der Waals surface area contributed by atoms with Crippen molar-refractivity contribution in [1.29, 1.82) is 0 Å². The maximum absolute atomic E-state index is 4.38. The van der Waals surface area contributed by atoms with Crippen molar-refractivity contribution in [3.8, 4) is 0 Å². The average Bonchev–Trinajstić information content (AvgIpc) is 2.36. The molecule has 0 amide bonds. The predicted octanol–water partition coefficient (Wildman–Crippen LogP) is 2.77. The lowest BCUT2D eigenvalue weighted by Gasteiger charge is -2.07. The van der Waals surface area contributed by atoms with Gasteiger partial charge in [-0.25, -0.2) is 9.97 Å². The first kappa shape index (κ1) is 7.93. The van der Waals surface area contributed by atoms with Crippen molar-refractivity contribution in [2.45, 2.75) is 0 Å². The van der Waals surface area contributed by atoms with Gasteiger partial charge in [0.25, 0.3) is 0 Å². The summed E-state index contributed by atoms with van der Waals surface area (Å²) in [6.45, 7) is 0. The topological polar surface area (TPSA) is 38.7 Å². The normalized spacial score (nSPS) is 11.8. The number of hydrogen-bond acceptors (Lipinski definition) is 3. The van der Waals surface area contributed by atoms with Gasteiger partial charge in [-0.05, 0) is 29.7 Å². The molecular weight excluding hydrogens is 198 g/mol. The molecule has 2 aromatic heterocycles. The van der Waals surface area contributed by atoms with Gasteiger partial charge in [0.1, 0.15) is 6.33 Å². The van der Waals surface area contributed by atoms with Crippen molar-refractivity contribution in [3.63, 3.8) is 0 Å². The highest BCUT2D eigenvalue weighted by Crippen LogP contribution is 2.30. The Kier molecular flexibility index (Phi) is 1.31. The number of pyridine rings is 1. The fourth-order valence-corrected chi connectivity index (χ4v) is 2.28. The fourth-order valence-electron chi connectivity index (χ4n) is 2.28. The van der Waals surface area contributed by atoms with Gasteiger partial charge in [-0.15, -0.1) is 0 Å². The van der Waals surface area contributed by atoms with Gasteiger partial charge in [0.05, 0.1) is 16.6 Å². The van der Waals surface area contributed by atoms with Crippen LogP contribution in [0.4, 0.5) is 0 Å². The molecule has 2 aromatic carbocycles. The summed E-state index contributed by atoms with van der Waals surface area (Å²) in [6, 6.07) is 10.1. The number of hydrogen-bond donors (Lipinski definition) is 0. The number of benzene rings is 2. The first-order valence-corrected chi connectivity index (χ1v) is 5.14. The van der Waals surface area contributed by atoms with Gasteiger partial charge < -0.3 is 0 Å². The first-order valence-electron chi connectivity index (χ1n) is 5.14. The third-order valence-electron chi connectivity index (χ3n) is 2.99. The van der Waals surface area contributed by atoms with Crippen LogP contribution in [0.15, 0.2) is 42.9 Å². The van der Waals surface area contributed by atoms with Crippen LogP contribution in [-0.2, 0) is 0 Å². The summed E-state index contributed by atoms with van der Waals surface area (Å²) in [7, 11) is 0. The maximum atomic E-state index is 4.38. The molecule has 0 aliphatic heterocycles. The Morgan fingerprint density at radius 3 is 2.12 bits per heavy atom. The minimum absolute atomic E-state index is 0.983. The summed E-state index contributed by atoms with van der Waals surface area (Å²) in [6.07, 6.45) is 3.44. The third kappa shape index (κ3) is 0.852. The van der Waals surface area contributed by atoms with E-state index in [0.717, 1.165) is 27.3 Å². The molecule has 4 aromatic rings. The van der Waals surface area contributed by atoms with E-state index < -0.39 is 0 Å². The Balaban J connectivity index is 2.51. The summed E-state index contributed by atoms with van der Waals surface area (Å²) in [5.74, 6) is 0. The monoisotopic (exact) mass is 205 g/mol. The van der Waals surface area contributed by atoms with Gasteiger partial charge in [0.2, 0.25) is 0 Å².